The molecule has 0 aromatic rings. The first-order valence-electron chi connectivity index (χ1n) is 7.49. The molecule has 2 aliphatic heterocycles. The van der Waals surface area contributed by atoms with E-state index in [-0.39, 0.29) is 17.9 Å². The number of hydrogen-bond acceptors (Lipinski definition) is 3. The Balaban J connectivity index is 2.34. The number of carbonyl (C=O) groups excluding carboxylic acids is 2. The molecule has 4 nitrogen and oxygen atoms in total. The molecular weight excluding hydrogens is 274 g/mol. The van der Waals surface area contributed by atoms with Crippen LogP contribution in [0.15, 0.2) is 48.1 Å². The number of piperidine rings is 1. The van der Waals surface area contributed by atoms with Gasteiger partial charge in [0.2, 0.25) is 19.1 Å². The lowest BCUT2D eigenvalue weighted by Crippen LogP contribution is -2.52. The smallest absolute Gasteiger partial charge is 0.248 e. The maximum absolute atomic E-state index is 12.1. The summed E-state index contributed by atoms with van der Waals surface area (Å²) >= 11 is 0. The van der Waals surface area contributed by atoms with Crippen LogP contribution in [0, 0.1) is 5.92 Å². The molecule has 2 aliphatic rings. The molecule has 0 aromatic heterocycles. The molecule has 0 spiro atoms. The van der Waals surface area contributed by atoms with E-state index in [1.807, 2.05) is 25.4 Å². The maximum atomic E-state index is 12.1. The normalized spacial score (nSPS) is 22.4. The first-order chi connectivity index (χ1) is 10.5. The number of allylic oxidation sites excluding steroid dienone is 5. The molecule has 2 amide bonds. The van der Waals surface area contributed by atoms with Crippen LogP contribution in [-0.2, 0) is 9.59 Å². The van der Waals surface area contributed by atoms with Gasteiger partial charge in [-0.1, -0.05) is 50.2 Å². The zero-order chi connectivity index (χ0) is 16.3. The Kier molecular flexibility index (Phi) is 5.11. The molecule has 0 aliphatic carbocycles. The third-order valence-electron chi connectivity index (χ3n) is 3.93. The predicted octanol–water partition coefficient (Wildman–Crippen LogP) is 1.51. The SMILES string of the molecule is C=C/C=C(\C1=C(C=C)N(C2CCC(=O)NC2=O)[B][B]1)C(C)C. The molecule has 112 valence electrons. The van der Waals surface area contributed by atoms with E-state index in [0.717, 1.165) is 16.7 Å². The molecule has 2 rings (SSSR count). The van der Waals surface area contributed by atoms with Gasteiger partial charge in [-0.2, -0.15) is 0 Å². The topological polar surface area (TPSA) is 49.4 Å². The highest BCUT2D eigenvalue weighted by Gasteiger charge is 2.36. The van der Waals surface area contributed by atoms with Gasteiger partial charge < -0.3 is 4.81 Å². The van der Waals surface area contributed by atoms with E-state index in [2.05, 4.69) is 32.3 Å². The summed E-state index contributed by atoms with van der Waals surface area (Å²) < 4.78 is 0. The molecule has 6 heteroatoms. The summed E-state index contributed by atoms with van der Waals surface area (Å²) in [5.74, 6) is -0.127. The number of carbonyl (C=O) groups is 2. The van der Waals surface area contributed by atoms with Crippen molar-refractivity contribution in [3.05, 3.63) is 48.1 Å². The van der Waals surface area contributed by atoms with Crippen molar-refractivity contribution in [1.82, 2.24) is 10.1 Å². The van der Waals surface area contributed by atoms with Crippen LogP contribution in [0.1, 0.15) is 26.7 Å². The van der Waals surface area contributed by atoms with Crippen LogP contribution in [0.2, 0.25) is 0 Å². The number of hydrogen-bond donors (Lipinski definition) is 1. The number of nitrogens with zero attached hydrogens (tertiary/aromatic N) is 1. The van der Waals surface area contributed by atoms with Crippen molar-refractivity contribution in [1.29, 1.82) is 0 Å². The van der Waals surface area contributed by atoms with Gasteiger partial charge in [0.15, 0.2) is 0 Å². The molecule has 0 aromatic carbocycles. The minimum atomic E-state index is -0.364. The second kappa shape index (κ2) is 6.86. The second-order valence-electron chi connectivity index (χ2n) is 5.71. The zero-order valence-corrected chi connectivity index (χ0v) is 13.1. The Morgan fingerprint density at radius 2 is 2.14 bits per heavy atom. The maximum Gasteiger partial charge on any atom is 0.248 e. The van der Waals surface area contributed by atoms with Crippen molar-refractivity contribution in [2.24, 2.45) is 5.92 Å². The summed E-state index contributed by atoms with van der Waals surface area (Å²) in [6, 6.07) is -0.364. The lowest BCUT2D eigenvalue weighted by Gasteiger charge is -2.33. The van der Waals surface area contributed by atoms with Gasteiger partial charge in [-0.15, -0.1) is 0 Å². The van der Waals surface area contributed by atoms with E-state index in [0.29, 0.717) is 18.8 Å². The highest BCUT2D eigenvalue weighted by Crippen LogP contribution is 2.30. The first-order valence-corrected chi connectivity index (χ1v) is 7.49. The fourth-order valence-electron chi connectivity index (χ4n) is 2.86. The van der Waals surface area contributed by atoms with Gasteiger partial charge in [0, 0.05) is 12.1 Å². The largest absolute Gasteiger partial charge is 0.417 e. The second-order valence-corrected chi connectivity index (χ2v) is 5.71. The molecule has 2 radical (unpaired) electrons. The van der Waals surface area contributed by atoms with Gasteiger partial charge in [0.1, 0.15) is 7.17 Å². The summed E-state index contributed by atoms with van der Waals surface area (Å²) in [5, 5.41) is 2.40. The fraction of sp³-hybridized carbons (Fsp3) is 0.375. The Morgan fingerprint density at radius 1 is 1.41 bits per heavy atom. The predicted molar refractivity (Wildman–Crippen MR) is 89.9 cm³/mol. The third-order valence-corrected chi connectivity index (χ3v) is 3.93. The average Bonchev–Trinajstić information content (AvgIpc) is 2.87. The minimum absolute atomic E-state index is 0.205. The molecule has 1 unspecified atom stereocenters. The molecular formula is C16H20B2N2O2. The van der Waals surface area contributed by atoms with E-state index in [4.69, 9.17) is 0 Å². The van der Waals surface area contributed by atoms with E-state index in [1.54, 1.807) is 12.2 Å². The summed E-state index contributed by atoms with van der Waals surface area (Å²) in [6.45, 7) is 11.9. The molecule has 0 saturated carbocycles. The van der Waals surface area contributed by atoms with Crippen molar-refractivity contribution in [2.75, 3.05) is 0 Å². The molecule has 1 N–H and O–H groups in total. The van der Waals surface area contributed by atoms with Gasteiger partial charge >= 0.3 is 0 Å². The molecule has 22 heavy (non-hydrogen) atoms. The standard InChI is InChI=1S/C16H20B2N2O2/c1-5-7-11(10(3)4)15-12(6-2)20(18-17-15)13-8-9-14(21)19-16(13)22/h5-7,10,13H,1-2,8-9H2,3-4H3,(H,19,21,22)/b11-7-. The third kappa shape index (κ3) is 3.11. The Bertz CT molecular complexity index is 579. The van der Waals surface area contributed by atoms with E-state index in [1.165, 1.54) is 0 Å². The summed E-state index contributed by atoms with van der Waals surface area (Å²) in [5.41, 5.74) is 3.10. The quantitative estimate of drug-likeness (QED) is 0.475. The van der Waals surface area contributed by atoms with Crippen molar-refractivity contribution >= 4 is 26.3 Å². The van der Waals surface area contributed by atoms with Crippen LogP contribution >= 0.6 is 0 Å². The molecule has 1 atom stereocenters. The minimum Gasteiger partial charge on any atom is -0.417 e. The molecule has 1 fully saturated rings. The zero-order valence-electron chi connectivity index (χ0n) is 13.1. The Morgan fingerprint density at radius 3 is 2.68 bits per heavy atom. The number of nitrogens with one attached hydrogen (secondary N) is 1. The lowest BCUT2D eigenvalue weighted by atomic mass is 9.43. The van der Waals surface area contributed by atoms with Crippen LogP contribution in [0.5, 0.6) is 0 Å². The highest BCUT2D eigenvalue weighted by molar-refractivity contribution is 7.05. The average molecular weight is 294 g/mol. The van der Waals surface area contributed by atoms with Gasteiger partial charge in [0.25, 0.3) is 0 Å². The highest BCUT2D eigenvalue weighted by atomic mass is 16.2. The van der Waals surface area contributed by atoms with Gasteiger partial charge in [-0.25, -0.2) is 0 Å². The van der Waals surface area contributed by atoms with Crippen molar-refractivity contribution in [2.45, 2.75) is 32.7 Å². The fourth-order valence-corrected chi connectivity index (χ4v) is 2.86. The number of rotatable bonds is 5. The van der Waals surface area contributed by atoms with E-state index < -0.39 is 0 Å². The number of imide groups is 1. The molecule has 2 heterocycles. The summed E-state index contributed by atoms with van der Waals surface area (Å²) in [4.78, 5) is 25.3. The molecule has 0 bridgehead atoms. The van der Waals surface area contributed by atoms with Crippen molar-refractivity contribution in [3.63, 3.8) is 0 Å². The number of amides is 2. The Hall–Kier alpha value is -1.97. The van der Waals surface area contributed by atoms with Gasteiger partial charge in [0.05, 0.1) is 6.04 Å². The van der Waals surface area contributed by atoms with E-state index in [9.17, 15) is 9.59 Å². The molecule has 1 saturated heterocycles. The van der Waals surface area contributed by atoms with Crippen LogP contribution in [0.25, 0.3) is 0 Å². The first kappa shape index (κ1) is 16.4. The van der Waals surface area contributed by atoms with Gasteiger partial charge in [-0.05, 0) is 18.4 Å². The van der Waals surface area contributed by atoms with Crippen LogP contribution in [-0.4, -0.2) is 37.1 Å². The lowest BCUT2D eigenvalue weighted by molar-refractivity contribution is -0.135. The van der Waals surface area contributed by atoms with Crippen molar-refractivity contribution in [3.8, 4) is 0 Å². The van der Waals surface area contributed by atoms with Crippen LogP contribution < -0.4 is 5.32 Å². The Labute approximate surface area is 133 Å². The summed E-state index contributed by atoms with van der Waals surface area (Å²) in [7, 11) is 3.89. The monoisotopic (exact) mass is 294 g/mol. The van der Waals surface area contributed by atoms with Crippen molar-refractivity contribution < 1.29 is 9.59 Å². The summed E-state index contributed by atoms with van der Waals surface area (Å²) in [6.07, 6.45) is 6.40. The van der Waals surface area contributed by atoms with Gasteiger partial charge in [-0.3, -0.25) is 14.9 Å². The van der Waals surface area contributed by atoms with Crippen LogP contribution in [0.3, 0.4) is 0 Å². The van der Waals surface area contributed by atoms with E-state index >= 15 is 0 Å². The van der Waals surface area contributed by atoms with Crippen LogP contribution in [0.4, 0.5) is 0 Å².